The van der Waals surface area contributed by atoms with E-state index in [2.05, 4.69) is 53.3 Å². The largest absolute Gasteiger partial charge is 0.366 e. The fraction of sp³-hybridized carbons (Fsp3) is 0.353. The van der Waals surface area contributed by atoms with Gasteiger partial charge in [0.25, 0.3) is 0 Å². The van der Waals surface area contributed by atoms with Gasteiger partial charge in [0, 0.05) is 25.0 Å². The second-order valence-electron chi connectivity index (χ2n) is 4.98. The first kappa shape index (κ1) is 14.5. The average Bonchev–Trinajstić information content (AvgIpc) is 2.48. The molecule has 0 aliphatic rings. The molecule has 1 aromatic carbocycles. The lowest BCUT2D eigenvalue weighted by atomic mass is 10.1. The van der Waals surface area contributed by atoms with E-state index in [0.717, 1.165) is 25.3 Å². The van der Waals surface area contributed by atoms with Crippen molar-refractivity contribution in [2.75, 3.05) is 18.5 Å². The number of nitrogens with zero attached hydrogens (tertiary/aromatic N) is 2. The molecule has 0 aliphatic carbocycles. The van der Waals surface area contributed by atoms with Gasteiger partial charge in [-0.25, -0.2) is 0 Å². The van der Waals surface area contributed by atoms with Crippen LogP contribution < -0.4 is 10.2 Å². The van der Waals surface area contributed by atoms with Crippen molar-refractivity contribution < 1.29 is 0 Å². The van der Waals surface area contributed by atoms with Crippen LogP contribution in [0.4, 0.5) is 5.69 Å². The van der Waals surface area contributed by atoms with Crippen molar-refractivity contribution in [2.24, 2.45) is 0 Å². The van der Waals surface area contributed by atoms with E-state index >= 15 is 0 Å². The summed E-state index contributed by atoms with van der Waals surface area (Å²) in [6, 6.07) is 12.7. The molecular weight excluding hydrogens is 246 g/mol. The fourth-order valence-electron chi connectivity index (χ4n) is 2.34. The maximum atomic E-state index is 4.41. The first-order chi connectivity index (χ1) is 9.74. The molecule has 20 heavy (non-hydrogen) atoms. The van der Waals surface area contributed by atoms with Gasteiger partial charge in [-0.3, -0.25) is 4.98 Å². The topological polar surface area (TPSA) is 28.2 Å². The predicted molar refractivity (Wildman–Crippen MR) is 84.9 cm³/mol. The first-order valence-electron chi connectivity index (χ1n) is 7.13. The molecule has 0 fully saturated rings. The van der Waals surface area contributed by atoms with Crippen LogP contribution in [0.2, 0.25) is 0 Å². The molecule has 1 aromatic heterocycles. The van der Waals surface area contributed by atoms with Crippen molar-refractivity contribution in [3.63, 3.8) is 0 Å². The maximum Gasteiger partial charge on any atom is 0.0601 e. The van der Waals surface area contributed by atoms with Crippen molar-refractivity contribution in [3.8, 4) is 0 Å². The summed E-state index contributed by atoms with van der Waals surface area (Å²) >= 11 is 0. The normalized spacial score (nSPS) is 10.6. The Kier molecular flexibility index (Phi) is 5.13. The molecule has 1 heterocycles. The summed E-state index contributed by atoms with van der Waals surface area (Å²) in [7, 11) is 1.98. The Bertz CT molecular complexity index is 537. The highest BCUT2D eigenvalue weighted by Crippen LogP contribution is 2.20. The Labute approximate surface area is 121 Å². The Morgan fingerprint density at radius 1 is 1.20 bits per heavy atom. The molecule has 0 saturated heterocycles. The average molecular weight is 269 g/mol. The molecular formula is C17H23N3. The van der Waals surface area contributed by atoms with E-state index in [-0.39, 0.29) is 0 Å². The van der Waals surface area contributed by atoms with Gasteiger partial charge in [-0.1, -0.05) is 12.1 Å². The lowest BCUT2D eigenvalue weighted by Gasteiger charge is -2.24. The summed E-state index contributed by atoms with van der Waals surface area (Å²) in [6.07, 6.45) is 1.85. The lowest BCUT2D eigenvalue weighted by molar-refractivity contribution is 0.799. The van der Waals surface area contributed by atoms with Crippen LogP contribution >= 0.6 is 0 Å². The van der Waals surface area contributed by atoms with E-state index in [1.165, 1.54) is 16.8 Å². The van der Waals surface area contributed by atoms with Crippen LogP contribution in [0.3, 0.4) is 0 Å². The Hall–Kier alpha value is -1.87. The molecule has 3 heteroatoms. The third-order valence-corrected chi connectivity index (χ3v) is 3.52. The van der Waals surface area contributed by atoms with Crippen LogP contribution in [0, 0.1) is 6.92 Å². The number of pyridine rings is 1. The van der Waals surface area contributed by atoms with Gasteiger partial charge in [-0.15, -0.1) is 0 Å². The number of hydrogen-bond acceptors (Lipinski definition) is 3. The van der Waals surface area contributed by atoms with Crippen molar-refractivity contribution in [1.29, 1.82) is 0 Å². The molecule has 106 valence electrons. The second kappa shape index (κ2) is 7.06. The van der Waals surface area contributed by atoms with Crippen molar-refractivity contribution in [1.82, 2.24) is 10.3 Å². The molecule has 0 unspecified atom stereocenters. The van der Waals surface area contributed by atoms with Crippen LogP contribution in [0.25, 0.3) is 0 Å². The third kappa shape index (κ3) is 3.58. The zero-order chi connectivity index (χ0) is 14.4. The minimum Gasteiger partial charge on any atom is -0.366 e. The summed E-state index contributed by atoms with van der Waals surface area (Å²) in [5.74, 6) is 0. The van der Waals surface area contributed by atoms with E-state index in [9.17, 15) is 0 Å². The number of anilines is 1. The number of nitrogens with one attached hydrogen (secondary N) is 1. The quantitative estimate of drug-likeness (QED) is 0.873. The molecule has 3 nitrogen and oxygen atoms in total. The zero-order valence-electron chi connectivity index (χ0n) is 12.6. The van der Waals surface area contributed by atoms with Gasteiger partial charge in [0.05, 0.1) is 12.2 Å². The third-order valence-electron chi connectivity index (χ3n) is 3.52. The summed E-state index contributed by atoms with van der Waals surface area (Å²) in [4.78, 5) is 6.76. The van der Waals surface area contributed by atoms with Crippen molar-refractivity contribution in [2.45, 2.75) is 26.9 Å². The molecule has 0 amide bonds. The molecule has 0 bridgehead atoms. The number of aromatic nitrogens is 1. The molecule has 0 spiro atoms. The SMILES string of the molecule is CCN(Cc1ccccn1)c1ccc(CNC)c(C)c1. The van der Waals surface area contributed by atoms with E-state index in [4.69, 9.17) is 0 Å². The second-order valence-corrected chi connectivity index (χ2v) is 4.98. The summed E-state index contributed by atoms with van der Waals surface area (Å²) in [5, 5.41) is 3.20. The van der Waals surface area contributed by atoms with Crippen molar-refractivity contribution in [3.05, 3.63) is 59.4 Å². The summed E-state index contributed by atoms with van der Waals surface area (Å²) < 4.78 is 0. The van der Waals surface area contributed by atoms with Crippen LogP contribution in [0.15, 0.2) is 42.6 Å². The van der Waals surface area contributed by atoms with Crippen molar-refractivity contribution >= 4 is 5.69 Å². The lowest BCUT2D eigenvalue weighted by Crippen LogP contribution is -2.22. The summed E-state index contributed by atoms with van der Waals surface area (Å²) in [6.45, 7) is 7.09. The van der Waals surface area contributed by atoms with Gasteiger partial charge < -0.3 is 10.2 Å². The Morgan fingerprint density at radius 3 is 2.65 bits per heavy atom. The molecule has 0 atom stereocenters. The molecule has 0 aliphatic heterocycles. The minimum atomic E-state index is 0.849. The van der Waals surface area contributed by atoms with Gasteiger partial charge in [-0.05, 0) is 56.3 Å². The number of aryl methyl sites for hydroxylation is 1. The zero-order valence-corrected chi connectivity index (χ0v) is 12.6. The first-order valence-corrected chi connectivity index (χ1v) is 7.13. The van der Waals surface area contributed by atoms with Gasteiger partial charge in [0.2, 0.25) is 0 Å². The van der Waals surface area contributed by atoms with Gasteiger partial charge >= 0.3 is 0 Å². The molecule has 2 aromatic rings. The number of hydrogen-bond donors (Lipinski definition) is 1. The monoisotopic (exact) mass is 269 g/mol. The Balaban J connectivity index is 2.17. The van der Waals surface area contributed by atoms with Gasteiger partial charge in [-0.2, -0.15) is 0 Å². The highest BCUT2D eigenvalue weighted by molar-refractivity contribution is 5.51. The predicted octanol–water partition coefficient (Wildman–Crippen LogP) is 3.14. The van der Waals surface area contributed by atoms with Gasteiger partial charge in [0.1, 0.15) is 0 Å². The molecule has 0 saturated carbocycles. The van der Waals surface area contributed by atoms with E-state index < -0.39 is 0 Å². The van der Waals surface area contributed by atoms with E-state index in [0.29, 0.717) is 0 Å². The standard InChI is InChI=1S/C17H23N3/c1-4-20(13-16-7-5-6-10-19-16)17-9-8-15(12-18-3)14(2)11-17/h5-11,18H,4,12-13H2,1-3H3. The van der Waals surface area contributed by atoms with E-state index in [1.54, 1.807) is 0 Å². The van der Waals surface area contributed by atoms with Gasteiger partial charge in [0.15, 0.2) is 0 Å². The van der Waals surface area contributed by atoms with Crippen LogP contribution in [-0.2, 0) is 13.1 Å². The number of benzene rings is 1. The molecule has 0 radical (unpaired) electrons. The molecule has 2 rings (SSSR count). The maximum absolute atomic E-state index is 4.41. The Morgan fingerprint density at radius 2 is 2.05 bits per heavy atom. The highest BCUT2D eigenvalue weighted by Gasteiger charge is 2.07. The van der Waals surface area contributed by atoms with Crippen LogP contribution in [-0.4, -0.2) is 18.6 Å². The molecule has 1 N–H and O–H groups in total. The number of rotatable bonds is 6. The summed E-state index contributed by atoms with van der Waals surface area (Å²) in [5.41, 5.74) is 5.04. The van der Waals surface area contributed by atoms with Crippen LogP contribution in [0.1, 0.15) is 23.7 Å². The van der Waals surface area contributed by atoms with Crippen LogP contribution in [0.5, 0.6) is 0 Å². The highest BCUT2D eigenvalue weighted by atomic mass is 15.1. The minimum absolute atomic E-state index is 0.849. The van der Waals surface area contributed by atoms with E-state index in [1.807, 2.05) is 25.4 Å². The fourth-order valence-corrected chi connectivity index (χ4v) is 2.34. The smallest absolute Gasteiger partial charge is 0.0601 e.